The second-order valence-corrected chi connectivity index (χ2v) is 3.60. The van der Waals surface area contributed by atoms with Crippen molar-refractivity contribution in [3.63, 3.8) is 0 Å². The Morgan fingerprint density at radius 2 is 1.75 bits per heavy atom. The molecule has 0 heterocycles. The van der Waals surface area contributed by atoms with Crippen LogP contribution < -0.4 is 11.5 Å². The lowest BCUT2D eigenvalue weighted by Crippen LogP contribution is -2.00. The Labute approximate surface area is 94.3 Å². The Balaban J connectivity index is 2.67. The number of benzene rings is 2. The minimum atomic E-state index is 0.181. The average molecular weight is 214 g/mol. The number of hydrogen-bond donors (Lipinski definition) is 3. The summed E-state index contributed by atoms with van der Waals surface area (Å²) in [5.41, 5.74) is 14.6. The SMILES string of the molecule is NCc1ccccc1-c1c(N)cccc1O. The first-order chi connectivity index (χ1) is 7.74. The predicted molar refractivity (Wildman–Crippen MR) is 65.8 cm³/mol. The maximum Gasteiger partial charge on any atom is 0.125 e. The monoisotopic (exact) mass is 214 g/mol. The van der Waals surface area contributed by atoms with Gasteiger partial charge in [-0.15, -0.1) is 0 Å². The number of aromatic hydroxyl groups is 1. The maximum absolute atomic E-state index is 9.84. The van der Waals surface area contributed by atoms with Crippen LogP contribution >= 0.6 is 0 Å². The van der Waals surface area contributed by atoms with Crippen molar-refractivity contribution in [2.45, 2.75) is 6.54 Å². The summed E-state index contributed by atoms with van der Waals surface area (Å²) in [7, 11) is 0. The van der Waals surface area contributed by atoms with Gasteiger partial charge < -0.3 is 16.6 Å². The molecule has 2 aromatic rings. The Morgan fingerprint density at radius 3 is 2.44 bits per heavy atom. The zero-order valence-electron chi connectivity index (χ0n) is 8.85. The van der Waals surface area contributed by atoms with Gasteiger partial charge in [-0.3, -0.25) is 0 Å². The van der Waals surface area contributed by atoms with Crippen molar-refractivity contribution >= 4 is 5.69 Å². The van der Waals surface area contributed by atoms with Gasteiger partial charge in [0.15, 0.2) is 0 Å². The van der Waals surface area contributed by atoms with E-state index in [-0.39, 0.29) is 5.75 Å². The third-order valence-electron chi connectivity index (χ3n) is 2.58. The van der Waals surface area contributed by atoms with Crippen molar-refractivity contribution in [2.75, 3.05) is 5.73 Å². The van der Waals surface area contributed by atoms with Gasteiger partial charge in [0.05, 0.1) is 0 Å². The number of nitrogens with two attached hydrogens (primary N) is 2. The fourth-order valence-electron chi connectivity index (χ4n) is 1.79. The molecule has 0 spiro atoms. The van der Waals surface area contributed by atoms with Gasteiger partial charge in [0.25, 0.3) is 0 Å². The molecule has 0 amide bonds. The van der Waals surface area contributed by atoms with Gasteiger partial charge in [-0.25, -0.2) is 0 Å². The number of phenolic OH excluding ortho intramolecular Hbond substituents is 1. The number of nitrogen functional groups attached to an aromatic ring is 1. The van der Waals surface area contributed by atoms with Crippen molar-refractivity contribution in [3.05, 3.63) is 48.0 Å². The van der Waals surface area contributed by atoms with Crippen molar-refractivity contribution in [3.8, 4) is 16.9 Å². The molecule has 0 aliphatic rings. The molecule has 0 aliphatic heterocycles. The first-order valence-electron chi connectivity index (χ1n) is 5.10. The van der Waals surface area contributed by atoms with Crippen LogP contribution in [0, 0.1) is 0 Å². The lowest BCUT2D eigenvalue weighted by molar-refractivity contribution is 0.477. The van der Waals surface area contributed by atoms with E-state index >= 15 is 0 Å². The van der Waals surface area contributed by atoms with E-state index in [2.05, 4.69) is 0 Å². The lowest BCUT2D eigenvalue weighted by Gasteiger charge is -2.11. The van der Waals surface area contributed by atoms with Crippen LogP contribution in [0.25, 0.3) is 11.1 Å². The van der Waals surface area contributed by atoms with E-state index in [1.807, 2.05) is 24.3 Å². The van der Waals surface area contributed by atoms with Gasteiger partial charge in [0.1, 0.15) is 5.75 Å². The zero-order chi connectivity index (χ0) is 11.5. The Kier molecular flexibility index (Phi) is 2.79. The standard InChI is InChI=1S/C13H14N2O/c14-8-9-4-1-2-5-10(9)13-11(15)6-3-7-12(13)16/h1-7,16H,8,14-15H2. The molecule has 0 aromatic heterocycles. The van der Waals surface area contributed by atoms with Crippen molar-refractivity contribution in [1.29, 1.82) is 0 Å². The minimum absolute atomic E-state index is 0.181. The molecule has 0 atom stereocenters. The van der Waals surface area contributed by atoms with Crippen molar-refractivity contribution in [1.82, 2.24) is 0 Å². The van der Waals surface area contributed by atoms with Crippen molar-refractivity contribution < 1.29 is 5.11 Å². The van der Waals surface area contributed by atoms with Crippen LogP contribution in [0.1, 0.15) is 5.56 Å². The van der Waals surface area contributed by atoms with E-state index in [0.717, 1.165) is 11.1 Å². The van der Waals surface area contributed by atoms with Crippen LogP contribution in [0.2, 0.25) is 0 Å². The Hall–Kier alpha value is -2.00. The summed E-state index contributed by atoms with van der Waals surface area (Å²) >= 11 is 0. The van der Waals surface area contributed by atoms with Gasteiger partial charge in [-0.2, -0.15) is 0 Å². The predicted octanol–water partition coefficient (Wildman–Crippen LogP) is 2.10. The Morgan fingerprint density at radius 1 is 1.00 bits per heavy atom. The van der Waals surface area contributed by atoms with Gasteiger partial charge in [0, 0.05) is 17.8 Å². The quantitative estimate of drug-likeness (QED) is 0.670. The largest absolute Gasteiger partial charge is 0.507 e. The minimum Gasteiger partial charge on any atom is -0.507 e. The molecule has 0 radical (unpaired) electrons. The highest BCUT2D eigenvalue weighted by Crippen LogP contribution is 2.36. The zero-order valence-corrected chi connectivity index (χ0v) is 8.85. The molecule has 0 saturated carbocycles. The maximum atomic E-state index is 9.84. The molecule has 2 aromatic carbocycles. The molecule has 82 valence electrons. The average Bonchev–Trinajstić information content (AvgIpc) is 2.29. The van der Waals surface area contributed by atoms with Crippen LogP contribution in [-0.4, -0.2) is 5.11 Å². The van der Waals surface area contributed by atoms with E-state index in [4.69, 9.17) is 11.5 Å². The fourth-order valence-corrected chi connectivity index (χ4v) is 1.79. The number of anilines is 1. The molecule has 0 unspecified atom stereocenters. The van der Waals surface area contributed by atoms with E-state index < -0.39 is 0 Å². The first kappa shape index (κ1) is 10.5. The van der Waals surface area contributed by atoms with Gasteiger partial charge in [0.2, 0.25) is 0 Å². The van der Waals surface area contributed by atoms with E-state index in [9.17, 15) is 5.11 Å². The van der Waals surface area contributed by atoms with E-state index in [0.29, 0.717) is 17.8 Å². The van der Waals surface area contributed by atoms with Gasteiger partial charge in [-0.05, 0) is 23.3 Å². The second kappa shape index (κ2) is 4.24. The molecule has 3 heteroatoms. The summed E-state index contributed by atoms with van der Waals surface area (Å²) in [5.74, 6) is 0.181. The summed E-state index contributed by atoms with van der Waals surface area (Å²) < 4.78 is 0. The van der Waals surface area contributed by atoms with Crippen LogP contribution in [0.4, 0.5) is 5.69 Å². The molecule has 5 N–H and O–H groups in total. The van der Waals surface area contributed by atoms with Crippen LogP contribution in [0.5, 0.6) is 5.75 Å². The summed E-state index contributed by atoms with van der Waals surface area (Å²) in [6.45, 7) is 0.421. The molecule has 0 bridgehead atoms. The molecular weight excluding hydrogens is 200 g/mol. The third kappa shape index (κ3) is 1.73. The fraction of sp³-hybridized carbons (Fsp3) is 0.0769. The van der Waals surface area contributed by atoms with Crippen molar-refractivity contribution in [2.24, 2.45) is 5.73 Å². The molecule has 0 aliphatic carbocycles. The summed E-state index contributed by atoms with van der Waals surface area (Å²) in [6, 6.07) is 12.8. The highest BCUT2D eigenvalue weighted by molar-refractivity contribution is 5.83. The molecule has 16 heavy (non-hydrogen) atoms. The first-order valence-corrected chi connectivity index (χ1v) is 5.10. The smallest absolute Gasteiger partial charge is 0.125 e. The molecule has 0 fully saturated rings. The van der Waals surface area contributed by atoms with Crippen LogP contribution in [-0.2, 0) is 6.54 Å². The lowest BCUT2D eigenvalue weighted by atomic mass is 9.97. The summed E-state index contributed by atoms with van der Waals surface area (Å²) in [5, 5.41) is 9.84. The highest BCUT2D eigenvalue weighted by Gasteiger charge is 2.10. The number of rotatable bonds is 2. The molecule has 3 nitrogen and oxygen atoms in total. The molecular formula is C13H14N2O. The van der Waals surface area contributed by atoms with Gasteiger partial charge in [-0.1, -0.05) is 30.3 Å². The molecule has 2 rings (SSSR count). The highest BCUT2D eigenvalue weighted by atomic mass is 16.3. The van der Waals surface area contributed by atoms with Crippen LogP contribution in [0.3, 0.4) is 0 Å². The number of hydrogen-bond acceptors (Lipinski definition) is 3. The van der Waals surface area contributed by atoms with E-state index in [1.54, 1.807) is 18.2 Å². The third-order valence-corrected chi connectivity index (χ3v) is 2.58. The van der Waals surface area contributed by atoms with Crippen LogP contribution in [0.15, 0.2) is 42.5 Å². The number of phenols is 1. The normalized spacial score (nSPS) is 10.3. The topological polar surface area (TPSA) is 72.3 Å². The van der Waals surface area contributed by atoms with Gasteiger partial charge >= 0.3 is 0 Å². The Bertz CT molecular complexity index is 489. The summed E-state index contributed by atoms with van der Waals surface area (Å²) in [4.78, 5) is 0. The summed E-state index contributed by atoms with van der Waals surface area (Å²) in [6.07, 6.45) is 0. The van der Waals surface area contributed by atoms with E-state index in [1.165, 1.54) is 0 Å². The molecule has 0 saturated heterocycles. The second-order valence-electron chi connectivity index (χ2n) is 3.60.